The van der Waals surface area contributed by atoms with Gasteiger partial charge in [-0.15, -0.1) is 0 Å². The van der Waals surface area contributed by atoms with Crippen molar-refractivity contribution < 1.29 is 28.4 Å². The van der Waals surface area contributed by atoms with E-state index in [9.17, 15) is 0 Å². The first-order chi connectivity index (χ1) is 46.2. The Kier molecular flexibility index (Phi) is 13.7. The van der Waals surface area contributed by atoms with Gasteiger partial charge >= 0.3 is 0 Å². The van der Waals surface area contributed by atoms with Gasteiger partial charge < -0.3 is 38.4 Å². The summed E-state index contributed by atoms with van der Waals surface area (Å²) in [7, 11) is 0. The van der Waals surface area contributed by atoms with Crippen LogP contribution in [0.5, 0.6) is 23.0 Å². The number of hydrogen-bond donors (Lipinski definition) is 2. The van der Waals surface area contributed by atoms with Crippen LogP contribution in [0.25, 0.3) is 89.7 Å². The van der Waals surface area contributed by atoms with Gasteiger partial charge in [0, 0.05) is 21.9 Å². The number of benzene rings is 10. The molecule has 0 aliphatic carbocycles. The largest absolute Gasteiger partial charge is 0.490 e. The van der Waals surface area contributed by atoms with Crippen molar-refractivity contribution in [3.8, 4) is 68.5 Å². The monoisotopic (exact) mass is 1230 g/mol. The minimum Gasteiger partial charge on any atom is -0.490 e. The molecule has 14 heteroatoms. The van der Waals surface area contributed by atoms with E-state index >= 15 is 0 Å². The maximum Gasteiger partial charge on any atom is 0.168 e. The highest BCUT2D eigenvalue weighted by atomic mass is 16.6. The zero-order valence-electron chi connectivity index (χ0n) is 51.6. The number of aromatic nitrogens is 8. The molecule has 8 bridgehead atoms. The number of aromatic amines is 2. The third-order valence-electron chi connectivity index (χ3n) is 18.8. The fourth-order valence-corrected chi connectivity index (χ4v) is 13.9. The van der Waals surface area contributed by atoms with Crippen molar-refractivity contribution in [2.24, 2.45) is 0 Å². The van der Waals surface area contributed by atoms with E-state index < -0.39 is 22.0 Å². The first-order valence-electron chi connectivity index (χ1n) is 31.7. The quantitative estimate of drug-likeness (QED) is 0.111. The van der Waals surface area contributed by atoms with Gasteiger partial charge in [0.15, 0.2) is 23.3 Å². The zero-order chi connectivity index (χ0) is 62.9. The van der Waals surface area contributed by atoms with Crippen molar-refractivity contribution in [3.05, 3.63) is 288 Å². The van der Waals surface area contributed by atoms with Crippen LogP contribution in [-0.4, -0.2) is 90.7 Å². The van der Waals surface area contributed by atoms with Crippen molar-refractivity contribution in [2.75, 3.05) is 39.6 Å². The molecule has 458 valence electrons. The van der Waals surface area contributed by atoms with Crippen molar-refractivity contribution in [3.63, 3.8) is 0 Å². The lowest BCUT2D eigenvalue weighted by Crippen LogP contribution is -2.46. The number of nitrogens with zero attached hydrogens (tertiary/aromatic N) is 6. The molecule has 4 aliphatic heterocycles. The van der Waals surface area contributed by atoms with Gasteiger partial charge in [0.25, 0.3) is 0 Å². The molecule has 0 radical (unpaired) electrons. The van der Waals surface area contributed by atoms with E-state index in [-0.39, 0.29) is 39.6 Å². The lowest BCUT2D eigenvalue weighted by atomic mass is 9.70. The van der Waals surface area contributed by atoms with E-state index in [0.717, 1.165) is 44.2 Å². The molecule has 7 heterocycles. The van der Waals surface area contributed by atoms with Gasteiger partial charge in [-0.05, 0) is 71.5 Å². The van der Waals surface area contributed by atoms with E-state index in [1.807, 2.05) is 109 Å². The van der Waals surface area contributed by atoms with Crippen LogP contribution in [0.15, 0.2) is 255 Å². The first-order valence-corrected chi connectivity index (χ1v) is 31.7. The topological polar surface area (TPSA) is 164 Å². The number of ether oxygens (including phenoxy) is 6. The molecule has 4 aliphatic rings. The molecule has 0 fully saturated rings. The van der Waals surface area contributed by atoms with Gasteiger partial charge in [-0.1, -0.05) is 231 Å². The second-order valence-electron chi connectivity index (χ2n) is 25.0. The summed E-state index contributed by atoms with van der Waals surface area (Å²) < 4.78 is 43.4. The van der Waals surface area contributed by atoms with E-state index in [2.05, 4.69) is 169 Å². The van der Waals surface area contributed by atoms with Crippen molar-refractivity contribution in [2.45, 2.75) is 35.9 Å². The van der Waals surface area contributed by atoms with Crippen LogP contribution in [0, 0.1) is 0 Å². The number of fused-ring (bicyclic) bond motifs is 8. The van der Waals surface area contributed by atoms with Gasteiger partial charge in [0.2, 0.25) is 0 Å². The maximum atomic E-state index is 7.47. The Morgan fingerprint density at radius 2 is 0.606 bits per heavy atom. The molecule has 94 heavy (non-hydrogen) atoms. The Hall–Kier alpha value is -11.3. The molecule has 2 N–H and O–H groups in total. The standard InChI is InChI=1S/C80H62N8O6/c1-77(93-49-79(51-25-9-3-10-26-51,52-27-11-4-12-28-52)53-29-13-5-14-30-53)45-89-61-41-21-37-57-65(61)73-83-69(57)81-71-59-39-23-43-63-67(59)75(85-71)88-76-68-60(72(86-76)82-70-58-38-22-42-62(90-46-77)66(58)74(84-70)87-73)40-24-44-64(68)92-48-78(2,47-91-63)94-50-80(54-31-15-6-16-32-54,55-33-17-7-18-34-55)56-35-19-8-20-36-56/h3-44H,45-50H2,1-2H3,(H2,81,82,83,84,85,86,87,88). The summed E-state index contributed by atoms with van der Waals surface area (Å²) in [5.41, 5.74) is 7.59. The number of H-pyrrole nitrogens is 2. The molecule has 0 saturated carbocycles. The van der Waals surface area contributed by atoms with E-state index in [0.29, 0.717) is 102 Å². The van der Waals surface area contributed by atoms with Crippen LogP contribution in [0.3, 0.4) is 0 Å². The van der Waals surface area contributed by atoms with Crippen molar-refractivity contribution in [1.82, 2.24) is 39.9 Å². The van der Waals surface area contributed by atoms with Gasteiger partial charge in [-0.2, -0.15) is 0 Å². The fourth-order valence-electron chi connectivity index (χ4n) is 13.9. The maximum absolute atomic E-state index is 7.47. The van der Waals surface area contributed by atoms with E-state index in [1.165, 1.54) is 0 Å². The summed E-state index contributed by atoms with van der Waals surface area (Å²) in [6, 6.07) is 87.1. The third kappa shape index (κ3) is 9.63. The second-order valence-corrected chi connectivity index (χ2v) is 25.0. The molecule has 3 aromatic heterocycles. The summed E-state index contributed by atoms with van der Waals surface area (Å²) >= 11 is 0. The Morgan fingerprint density at radius 1 is 0.319 bits per heavy atom. The van der Waals surface area contributed by atoms with E-state index in [1.54, 1.807) is 0 Å². The Morgan fingerprint density at radius 3 is 0.936 bits per heavy atom. The summed E-state index contributed by atoms with van der Waals surface area (Å²) in [6.45, 7) is 4.96. The van der Waals surface area contributed by atoms with Crippen molar-refractivity contribution >= 4 is 44.1 Å². The van der Waals surface area contributed by atoms with Crippen molar-refractivity contribution in [1.29, 1.82) is 0 Å². The van der Waals surface area contributed by atoms with Crippen LogP contribution in [0.2, 0.25) is 0 Å². The lowest BCUT2D eigenvalue weighted by molar-refractivity contribution is -0.0930. The highest BCUT2D eigenvalue weighted by molar-refractivity contribution is 6.10. The molecule has 0 saturated heterocycles. The normalized spacial score (nSPS) is 16.6. The molecule has 13 aromatic rings. The molecular weight excluding hydrogens is 1170 g/mol. The second kappa shape index (κ2) is 22.8. The molecular formula is C80H62N8O6. The SMILES string of the molecule is CC1(OCC(c2ccccc2)(c2ccccc2)c2ccccc2)COc2cccc3c2-c2nc-3nc3[nH]c4nc5nc(nc6[nH]c(n2)c2c(cccc62)OC1)-c1cccc(c1-5)OCC(C)(OCC(c1ccccc1)(c1ccccc1)c1ccccc1)COc1cccc3c14. The summed E-state index contributed by atoms with van der Waals surface area (Å²) in [6.07, 6.45) is 0. The minimum absolute atomic E-state index is 0.0882. The first kappa shape index (κ1) is 56.6. The van der Waals surface area contributed by atoms with Crippen LogP contribution in [-0.2, 0) is 20.3 Å². The number of nitrogens with one attached hydrogen (secondary N) is 2. The number of rotatable bonds is 12. The lowest BCUT2D eigenvalue weighted by Gasteiger charge is -2.39. The molecule has 17 rings (SSSR count). The average molecular weight is 1230 g/mol. The zero-order valence-corrected chi connectivity index (χ0v) is 51.6. The fraction of sp³-hybridized carbons (Fsp3) is 0.150. The molecule has 2 atom stereocenters. The van der Waals surface area contributed by atoms with Crippen LogP contribution < -0.4 is 18.9 Å². The Bertz CT molecular complexity index is 4690. The highest BCUT2D eigenvalue weighted by Crippen LogP contribution is 2.48. The average Bonchev–Trinajstić information content (AvgIpc) is 0.923. The summed E-state index contributed by atoms with van der Waals surface area (Å²) in [4.78, 5) is 39.7. The predicted octanol–water partition coefficient (Wildman–Crippen LogP) is 16.0. The summed E-state index contributed by atoms with van der Waals surface area (Å²) in [5.74, 6) is 3.78. The predicted molar refractivity (Wildman–Crippen MR) is 365 cm³/mol. The van der Waals surface area contributed by atoms with Crippen LogP contribution in [0.4, 0.5) is 0 Å². The molecule has 0 spiro atoms. The molecule has 2 unspecified atom stereocenters. The molecule has 14 nitrogen and oxygen atoms in total. The van der Waals surface area contributed by atoms with Crippen LogP contribution >= 0.6 is 0 Å². The van der Waals surface area contributed by atoms with Gasteiger partial charge in [0.05, 0.1) is 45.9 Å². The minimum atomic E-state index is -1.07. The van der Waals surface area contributed by atoms with Gasteiger partial charge in [-0.25, -0.2) is 29.9 Å². The Balaban J connectivity index is 0.837. The smallest absolute Gasteiger partial charge is 0.168 e. The summed E-state index contributed by atoms with van der Waals surface area (Å²) in [5, 5.41) is 2.88. The highest BCUT2D eigenvalue weighted by Gasteiger charge is 2.43. The molecule has 0 amide bonds. The van der Waals surface area contributed by atoms with E-state index in [4.69, 9.17) is 58.3 Å². The third-order valence-corrected chi connectivity index (χ3v) is 18.8. The molecule has 10 aromatic carbocycles. The van der Waals surface area contributed by atoms with Crippen LogP contribution in [0.1, 0.15) is 47.2 Å². The number of hydrogen-bond acceptors (Lipinski definition) is 12. The Labute approximate surface area is 541 Å². The van der Waals surface area contributed by atoms with Gasteiger partial charge in [0.1, 0.15) is 83.2 Å². The van der Waals surface area contributed by atoms with Gasteiger partial charge in [-0.3, -0.25) is 0 Å².